The van der Waals surface area contributed by atoms with Gasteiger partial charge in [0.1, 0.15) is 0 Å². The van der Waals surface area contributed by atoms with Crippen LogP contribution in [-0.2, 0) is 9.47 Å². The molecule has 1 fully saturated rings. The first-order valence-electron chi connectivity index (χ1n) is 6.43. The summed E-state index contributed by atoms with van der Waals surface area (Å²) in [6.45, 7) is 1.60. The van der Waals surface area contributed by atoms with E-state index in [0.29, 0.717) is 16.6 Å². The number of halogens is 1. The van der Waals surface area contributed by atoms with Crippen LogP contribution in [0, 0.1) is 0 Å². The monoisotopic (exact) mass is 283 g/mol. The molecule has 104 valence electrons. The maximum atomic E-state index is 11.6. The van der Waals surface area contributed by atoms with Crippen molar-refractivity contribution < 1.29 is 14.3 Å². The summed E-state index contributed by atoms with van der Waals surface area (Å²) in [5.41, 5.74) is 1.27. The van der Waals surface area contributed by atoms with Gasteiger partial charge in [-0.25, -0.2) is 4.79 Å². The lowest BCUT2D eigenvalue weighted by atomic mass is 10.1. The molecule has 5 heteroatoms. The Morgan fingerprint density at radius 3 is 3.05 bits per heavy atom. The number of hydrogen-bond donors (Lipinski definition) is 1. The Bertz CT molecular complexity index is 442. The number of carbonyl (C=O) groups excluding carboxylic acids is 1. The smallest absolute Gasteiger partial charge is 0.339 e. The molecular weight excluding hydrogens is 266 g/mol. The van der Waals surface area contributed by atoms with Crippen LogP contribution in [0.4, 0.5) is 5.69 Å². The van der Waals surface area contributed by atoms with Crippen molar-refractivity contribution in [3.8, 4) is 0 Å². The number of carbonyl (C=O) groups is 1. The van der Waals surface area contributed by atoms with Crippen molar-refractivity contribution in [2.45, 2.75) is 25.3 Å². The van der Waals surface area contributed by atoms with E-state index in [9.17, 15) is 4.79 Å². The van der Waals surface area contributed by atoms with E-state index in [1.54, 1.807) is 12.1 Å². The van der Waals surface area contributed by atoms with Crippen LogP contribution in [0.3, 0.4) is 0 Å². The summed E-state index contributed by atoms with van der Waals surface area (Å²) >= 11 is 5.99. The van der Waals surface area contributed by atoms with Gasteiger partial charge in [-0.1, -0.05) is 11.6 Å². The third kappa shape index (κ3) is 3.85. The average molecular weight is 284 g/mol. The molecule has 0 bridgehead atoms. The molecule has 1 heterocycles. The number of anilines is 1. The van der Waals surface area contributed by atoms with E-state index >= 15 is 0 Å². The number of esters is 1. The van der Waals surface area contributed by atoms with E-state index in [-0.39, 0.29) is 0 Å². The molecule has 0 amide bonds. The Kier molecular flexibility index (Phi) is 5.05. The summed E-state index contributed by atoms with van der Waals surface area (Å²) in [6, 6.07) is 5.69. The van der Waals surface area contributed by atoms with Crippen LogP contribution in [0.5, 0.6) is 0 Å². The number of methoxy groups -OCH3 is 1. The largest absolute Gasteiger partial charge is 0.465 e. The summed E-state index contributed by atoms with van der Waals surface area (Å²) < 4.78 is 10.1. The molecule has 0 radical (unpaired) electrons. The van der Waals surface area contributed by atoms with Gasteiger partial charge in [-0.15, -0.1) is 0 Å². The van der Waals surface area contributed by atoms with E-state index < -0.39 is 5.97 Å². The lowest BCUT2D eigenvalue weighted by Gasteiger charge is -2.17. The number of rotatable bonds is 3. The molecule has 1 aliphatic rings. The molecule has 0 spiro atoms. The predicted octanol–water partition coefficient (Wildman–Crippen LogP) is 3.11. The molecule has 1 aliphatic heterocycles. The third-order valence-electron chi connectivity index (χ3n) is 3.19. The van der Waals surface area contributed by atoms with Gasteiger partial charge in [-0.3, -0.25) is 0 Å². The van der Waals surface area contributed by atoms with Gasteiger partial charge in [0.15, 0.2) is 0 Å². The second-order valence-electron chi connectivity index (χ2n) is 4.57. The van der Waals surface area contributed by atoms with Gasteiger partial charge in [-0.2, -0.15) is 0 Å². The summed E-state index contributed by atoms with van der Waals surface area (Å²) in [5, 5.41) is 3.83. The second kappa shape index (κ2) is 6.78. The van der Waals surface area contributed by atoms with Crippen molar-refractivity contribution in [1.82, 2.24) is 0 Å². The van der Waals surface area contributed by atoms with Crippen molar-refractivity contribution >= 4 is 23.3 Å². The molecule has 1 atom stereocenters. The summed E-state index contributed by atoms with van der Waals surface area (Å²) in [7, 11) is 1.35. The van der Waals surface area contributed by atoms with Crippen molar-refractivity contribution in [2.75, 3.05) is 25.6 Å². The van der Waals surface area contributed by atoms with Gasteiger partial charge in [0.05, 0.1) is 17.7 Å². The molecule has 0 saturated carbocycles. The van der Waals surface area contributed by atoms with E-state index in [1.807, 2.05) is 6.07 Å². The maximum Gasteiger partial charge on any atom is 0.339 e. The van der Waals surface area contributed by atoms with Crippen LogP contribution in [0.1, 0.15) is 29.6 Å². The summed E-state index contributed by atoms with van der Waals surface area (Å²) in [4.78, 5) is 11.6. The molecule has 1 unspecified atom stereocenters. The lowest BCUT2D eigenvalue weighted by Crippen LogP contribution is -2.19. The van der Waals surface area contributed by atoms with Crippen LogP contribution in [0.25, 0.3) is 0 Å². The Hall–Kier alpha value is -1.26. The molecule has 2 rings (SSSR count). The zero-order chi connectivity index (χ0) is 13.7. The minimum absolute atomic E-state index is 0.370. The van der Waals surface area contributed by atoms with Gasteiger partial charge < -0.3 is 14.8 Å². The number of ether oxygens (including phenoxy) is 2. The first kappa shape index (κ1) is 14.2. The van der Waals surface area contributed by atoms with Crippen molar-refractivity contribution in [3.05, 3.63) is 28.8 Å². The minimum Gasteiger partial charge on any atom is -0.465 e. The summed E-state index contributed by atoms with van der Waals surface area (Å²) in [5.74, 6) is -0.419. The van der Waals surface area contributed by atoms with Gasteiger partial charge in [0, 0.05) is 24.9 Å². The standard InChI is InChI=1S/C14H18ClNO3/c1-18-14(17)12-9-11(4-5-13(12)15)16-10-3-2-7-19-8-6-10/h4-5,9-10,16H,2-3,6-8H2,1H3. The molecular formula is C14H18ClNO3. The van der Waals surface area contributed by atoms with E-state index in [4.69, 9.17) is 21.1 Å². The molecule has 19 heavy (non-hydrogen) atoms. The van der Waals surface area contributed by atoms with E-state index in [0.717, 1.165) is 38.2 Å². The average Bonchev–Trinajstić information content (AvgIpc) is 2.68. The van der Waals surface area contributed by atoms with Crippen molar-refractivity contribution in [1.29, 1.82) is 0 Å². The van der Waals surface area contributed by atoms with Gasteiger partial charge in [-0.05, 0) is 37.5 Å². The fraction of sp³-hybridized carbons (Fsp3) is 0.500. The topological polar surface area (TPSA) is 47.6 Å². The molecule has 1 aromatic carbocycles. The first-order valence-corrected chi connectivity index (χ1v) is 6.80. The Morgan fingerprint density at radius 1 is 1.42 bits per heavy atom. The number of benzene rings is 1. The Morgan fingerprint density at radius 2 is 2.26 bits per heavy atom. The quantitative estimate of drug-likeness (QED) is 0.866. The fourth-order valence-corrected chi connectivity index (χ4v) is 2.36. The van der Waals surface area contributed by atoms with E-state index in [1.165, 1.54) is 7.11 Å². The number of hydrogen-bond acceptors (Lipinski definition) is 4. The first-order chi connectivity index (χ1) is 9.20. The fourth-order valence-electron chi connectivity index (χ4n) is 2.17. The minimum atomic E-state index is -0.419. The predicted molar refractivity (Wildman–Crippen MR) is 74.9 cm³/mol. The number of nitrogens with one attached hydrogen (secondary N) is 1. The van der Waals surface area contributed by atoms with Crippen LogP contribution in [0.2, 0.25) is 5.02 Å². The molecule has 1 aromatic rings. The highest BCUT2D eigenvalue weighted by Crippen LogP contribution is 2.23. The van der Waals surface area contributed by atoms with Crippen LogP contribution < -0.4 is 5.32 Å². The zero-order valence-corrected chi connectivity index (χ0v) is 11.7. The zero-order valence-electron chi connectivity index (χ0n) is 10.9. The van der Waals surface area contributed by atoms with Gasteiger partial charge in [0.25, 0.3) is 0 Å². The molecule has 1 N–H and O–H groups in total. The highest BCUT2D eigenvalue weighted by molar-refractivity contribution is 6.33. The second-order valence-corrected chi connectivity index (χ2v) is 4.98. The molecule has 1 saturated heterocycles. The van der Waals surface area contributed by atoms with Crippen LogP contribution in [0.15, 0.2) is 18.2 Å². The van der Waals surface area contributed by atoms with Crippen molar-refractivity contribution in [3.63, 3.8) is 0 Å². The third-order valence-corrected chi connectivity index (χ3v) is 3.52. The Balaban J connectivity index is 2.09. The Labute approximate surface area is 118 Å². The maximum absolute atomic E-state index is 11.6. The normalized spacial score (nSPS) is 19.6. The molecule has 0 aromatic heterocycles. The van der Waals surface area contributed by atoms with Crippen molar-refractivity contribution in [2.24, 2.45) is 0 Å². The van der Waals surface area contributed by atoms with E-state index in [2.05, 4.69) is 5.32 Å². The highest BCUT2D eigenvalue weighted by Gasteiger charge is 2.15. The highest BCUT2D eigenvalue weighted by atomic mass is 35.5. The molecule has 0 aliphatic carbocycles. The van der Waals surface area contributed by atoms with Gasteiger partial charge >= 0.3 is 5.97 Å². The van der Waals surface area contributed by atoms with Gasteiger partial charge in [0.2, 0.25) is 0 Å². The molecule has 4 nitrogen and oxygen atoms in total. The SMILES string of the molecule is COC(=O)c1cc(NC2CCCOCC2)ccc1Cl. The lowest BCUT2D eigenvalue weighted by molar-refractivity contribution is 0.0601. The van der Waals surface area contributed by atoms with Crippen LogP contribution in [-0.4, -0.2) is 32.3 Å². The van der Waals surface area contributed by atoms with Crippen LogP contribution >= 0.6 is 11.6 Å². The summed E-state index contributed by atoms with van der Waals surface area (Å²) in [6.07, 6.45) is 3.08.